The summed E-state index contributed by atoms with van der Waals surface area (Å²) >= 11 is 35.8. The van der Waals surface area contributed by atoms with Gasteiger partial charge in [0.25, 0.3) is 0 Å². The Labute approximate surface area is 344 Å². The van der Waals surface area contributed by atoms with Gasteiger partial charge in [-0.05, 0) is 36.8 Å². The Morgan fingerprint density at radius 3 is 1.23 bits per heavy atom. The van der Waals surface area contributed by atoms with Crippen LogP contribution in [0.3, 0.4) is 0 Å². The molecular weight excluding hydrogens is 821 g/mol. The number of halogens is 7. The summed E-state index contributed by atoms with van der Waals surface area (Å²) in [7, 11) is 7.69. The number of aromatic nitrogens is 3. The molecule has 0 unspecified atom stereocenters. The van der Waals surface area contributed by atoms with Crippen LogP contribution in [0.25, 0.3) is 32.7 Å². The van der Waals surface area contributed by atoms with Crippen LogP contribution >= 0.6 is 69.6 Å². The number of aromatic carboxylic acids is 1. The number of methoxy groups -OCH3 is 2. The number of carbonyl (C=O) groups is 3. The Bertz CT molecular complexity index is 2270. The average molecular weight is 852 g/mol. The van der Waals surface area contributed by atoms with E-state index in [1.807, 2.05) is 13.0 Å². The number of hydrogen-bond donors (Lipinski definition) is 3. The minimum Gasteiger partial charge on any atom is -0.870 e. The third kappa shape index (κ3) is 8.92. The number of phenols is 2. The number of aromatic hydroxyl groups is 2. The quantitative estimate of drug-likeness (QED) is 0.130. The Hall–Kier alpha value is -3.48. The fraction of sp³-hybridized carbons (Fsp3) is 0.182. The topological polar surface area (TPSA) is 175 Å². The van der Waals surface area contributed by atoms with Gasteiger partial charge in [-0.2, -0.15) is 0 Å². The standard InChI is InChI=1S/C12H11Cl2NO2.C11H9Cl2NO3.C10H7Cl2NO3.FH.Li.H2O.H2/c1-6-4-8-7(11(14)10(6)13)5-9(15(8)2)12(16)17-3;1-14-6-4-8(15)10(13)9(12)5(6)3-7(14)11(16)17-2;1-13-5-3-7(14)9(12)8(11)4(5)2-6(13)10(15)16;;;;/h4-5H,1-3H3;3-4,15H,1-2H3;2-3,14H,1H3,(H,15,16);1H;;1H2;1H/q;;;;+1;;/p-1. The molecule has 0 radical (unpaired) electrons. The van der Waals surface area contributed by atoms with Crippen LogP contribution in [0.5, 0.6) is 11.5 Å². The molecule has 6 aromatic rings. The molecule has 0 amide bonds. The van der Waals surface area contributed by atoms with E-state index in [0.29, 0.717) is 43.2 Å². The summed E-state index contributed by atoms with van der Waals surface area (Å²) in [6.07, 6.45) is 0. The zero-order valence-corrected chi connectivity index (χ0v) is 33.3. The maximum absolute atomic E-state index is 11.6. The molecule has 3 aromatic heterocycles. The zero-order valence-electron chi connectivity index (χ0n) is 28.8. The van der Waals surface area contributed by atoms with Crippen LogP contribution in [-0.2, 0) is 30.6 Å². The molecule has 0 aliphatic heterocycles. The molecule has 0 spiro atoms. The molecule has 0 aliphatic rings. The number of nitrogens with zero attached hydrogens (tertiary/aromatic N) is 3. The van der Waals surface area contributed by atoms with E-state index in [2.05, 4.69) is 4.74 Å². The van der Waals surface area contributed by atoms with Gasteiger partial charge in [0.1, 0.15) is 38.6 Å². The van der Waals surface area contributed by atoms with Crippen molar-refractivity contribution in [3.05, 3.63) is 89.2 Å². The number of phenolic OH excluding ortho intramolecular Hbond substituents is 2. The van der Waals surface area contributed by atoms with Crippen LogP contribution in [0.15, 0.2) is 36.4 Å². The van der Waals surface area contributed by atoms with Gasteiger partial charge in [-0.3, -0.25) is 4.70 Å². The number of hydrogen-bond acceptors (Lipinski definition) is 8. The Kier molecular flexibility index (Phi) is 16.8. The van der Waals surface area contributed by atoms with Crippen LogP contribution in [0.4, 0.5) is 4.70 Å². The number of esters is 2. The minimum absolute atomic E-state index is 0. The fourth-order valence-electron chi connectivity index (χ4n) is 5.12. The summed E-state index contributed by atoms with van der Waals surface area (Å²) in [6.45, 7) is 1.87. The van der Waals surface area contributed by atoms with Gasteiger partial charge >= 0.3 is 36.8 Å². The predicted molar refractivity (Wildman–Crippen MR) is 203 cm³/mol. The fourth-order valence-corrected chi connectivity index (χ4v) is 6.38. The number of carboxylic acids is 1. The number of benzene rings is 3. The number of carbonyl (C=O) groups excluding carboxylic acids is 2. The molecule has 0 atom stereocenters. The summed E-state index contributed by atoms with van der Waals surface area (Å²) in [4.78, 5) is 34.0. The van der Waals surface area contributed by atoms with Gasteiger partial charge in [-0.1, -0.05) is 69.6 Å². The van der Waals surface area contributed by atoms with Crippen molar-refractivity contribution in [2.45, 2.75) is 6.92 Å². The van der Waals surface area contributed by atoms with Gasteiger partial charge in [0.05, 0.1) is 50.9 Å². The Morgan fingerprint density at radius 2 is 0.887 bits per heavy atom. The predicted octanol–water partition coefficient (Wildman–Crippen LogP) is 6.67. The first-order valence-corrected chi connectivity index (χ1v) is 16.3. The smallest absolute Gasteiger partial charge is 0.870 e. The maximum atomic E-state index is 11.6. The largest absolute Gasteiger partial charge is 1.00 e. The van der Waals surface area contributed by atoms with Crippen molar-refractivity contribution in [3.63, 3.8) is 0 Å². The molecule has 282 valence electrons. The number of aryl methyl sites for hydroxylation is 4. The van der Waals surface area contributed by atoms with Crippen LogP contribution < -0.4 is 18.9 Å². The molecule has 12 nitrogen and oxygen atoms in total. The van der Waals surface area contributed by atoms with Gasteiger partial charge < -0.3 is 44.0 Å². The summed E-state index contributed by atoms with van der Waals surface area (Å²) in [6, 6.07) is 9.43. The molecular formula is C33H31Cl6FLiN3O9. The third-order valence-electron chi connectivity index (χ3n) is 7.83. The maximum Gasteiger partial charge on any atom is 1.00 e. The number of fused-ring (bicyclic) bond motifs is 3. The minimum atomic E-state index is -1.06. The summed E-state index contributed by atoms with van der Waals surface area (Å²) in [5, 5.41) is 31.3. The molecule has 3 aromatic carbocycles. The second-order valence-electron chi connectivity index (χ2n) is 10.7. The van der Waals surface area contributed by atoms with E-state index in [-0.39, 0.29) is 67.8 Å². The second-order valence-corrected chi connectivity index (χ2v) is 13.0. The van der Waals surface area contributed by atoms with Crippen molar-refractivity contribution in [3.8, 4) is 11.5 Å². The third-order valence-corrected chi connectivity index (χ3v) is 10.6. The first-order valence-electron chi connectivity index (χ1n) is 14.0. The molecule has 4 N–H and O–H groups in total. The number of rotatable bonds is 3. The molecule has 0 fully saturated rings. The van der Waals surface area contributed by atoms with Gasteiger partial charge in [-0.25, -0.2) is 14.4 Å². The van der Waals surface area contributed by atoms with E-state index in [9.17, 15) is 24.6 Å². The van der Waals surface area contributed by atoms with E-state index < -0.39 is 17.9 Å². The second kappa shape index (κ2) is 18.7. The summed E-state index contributed by atoms with van der Waals surface area (Å²) < 4.78 is 14.1. The van der Waals surface area contributed by atoms with Crippen molar-refractivity contribution in [1.82, 2.24) is 13.7 Å². The van der Waals surface area contributed by atoms with Crippen LogP contribution in [-0.4, -0.2) is 66.6 Å². The van der Waals surface area contributed by atoms with E-state index in [4.69, 9.17) is 79.4 Å². The van der Waals surface area contributed by atoms with Crippen LogP contribution in [0.1, 0.15) is 38.5 Å². The monoisotopic (exact) mass is 849 g/mol. The number of ether oxygens (including phenoxy) is 2. The van der Waals surface area contributed by atoms with Crippen molar-refractivity contribution < 1.29 is 69.6 Å². The van der Waals surface area contributed by atoms with Gasteiger partial charge in [0, 0.05) is 50.9 Å². The molecule has 0 saturated heterocycles. The summed E-state index contributed by atoms with van der Waals surface area (Å²) in [5.74, 6) is -2.23. The van der Waals surface area contributed by atoms with Gasteiger partial charge in [0.15, 0.2) is 0 Å². The Morgan fingerprint density at radius 1 is 0.585 bits per heavy atom. The molecule has 0 bridgehead atoms. The average Bonchev–Trinajstić information content (AvgIpc) is 3.72. The van der Waals surface area contributed by atoms with Crippen molar-refractivity contribution in [1.29, 1.82) is 0 Å². The molecule has 3 heterocycles. The van der Waals surface area contributed by atoms with Crippen molar-refractivity contribution >= 4 is 120 Å². The SMILES string of the molecule is COC(=O)c1cc2c(Cl)c(Cl)c(C)cc2n1C.COC(=O)c1cc2c(Cl)c(Cl)c(O)cc2n1C.Cn1c(C(=O)O)cc2c(Cl)c(Cl)c(O)cc21.F.[HH].[Li+].[OH-]. The van der Waals surface area contributed by atoms with E-state index >= 15 is 0 Å². The normalized spacial score (nSPS) is 10.3. The first kappa shape index (κ1) is 47.5. The molecule has 6 rings (SSSR count). The van der Waals surface area contributed by atoms with Crippen LogP contribution in [0, 0.1) is 6.92 Å². The number of carboxylic acid groups (broad SMARTS) is 1. The summed E-state index contributed by atoms with van der Waals surface area (Å²) in [5.41, 5.74) is 3.73. The van der Waals surface area contributed by atoms with Gasteiger partial charge in [0.2, 0.25) is 0 Å². The molecule has 0 aliphatic carbocycles. The van der Waals surface area contributed by atoms with E-state index in [1.54, 1.807) is 42.4 Å². The van der Waals surface area contributed by atoms with Gasteiger partial charge in [-0.15, -0.1) is 0 Å². The molecule has 0 saturated carbocycles. The van der Waals surface area contributed by atoms with Crippen molar-refractivity contribution in [2.24, 2.45) is 21.1 Å². The molecule has 20 heteroatoms. The van der Waals surface area contributed by atoms with E-state index in [0.717, 1.165) is 16.5 Å². The van der Waals surface area contributed by atoms with Crippen LogP contribution in [0.2, 0.25) is 30.1 Å². The van der Waals surface area contributed by atoms with E-state index in [1.165, 1.54) is 37.0 Å². The Balaban J connectivity index is 0.000000753. The molecule has 53 heavy (non-hydrogen) atoms. The zero-order chi connectivity index (χ0) is 37.5. The first-order chi connectivity index (χ1) is 23.4. The van der Waals surface area contributed by atoms with Crippen molar-refractivity contribution in [2.75, 3.05) is 14.2 Å².